The largest absolute Gasteiger partial charge is 0.494 e. The molecule has 2 aromatic rings. The average molecular weight is 299 g/mol. The monoisotopic (exact) mass is 299 g/mol. The molecule has 0 atom stereocenters. The van der Waals surface area contributed by atoms with Gasteiger partial charge >= 0.3 is 6.18 Å². The minimum Gasteiger partial charge on any atom is -0.494 e. The van der Waals surface area contributed by atoms with Crippen LogP contribution in [0.1, 0.15) is 21.6 Å². The number of halogens is 4. The van der Waals surface area contributed by atoms with Crippen molar-refractivity contribution in [3.05, 3.63) is 59.2 Å². The fraction of sp³-hybridized carbons (Fsp3) is 0.143. The van der Waals surface area contributed by atoms with Gasteiger partial charge in [-0.25, -0.2) is 9.37 Å². The van der Waals surface area contributed by atoms with Gasteiger partial charge in [-0.05, 0) is 30.3 Å². The van der Waals surface area contributed by atoms with Crippen LogP contribution in [0.4, 0.5) is 17.6 Å². The van der Waals surface area contributed by atoms with Crippen LogP contribution in [0.25, 0.3) is 0 Å². The van der Waals surface area contributed by atoms with Crippen molar-refractivity contribution in [3.8, 4) is 5.75 Å². The molecule has 3 nitrogen and oxygen atoms in total. The molecular weight excluding hydrogens is 290 g/mol. The molecule has 2 rings (SSSR count). The second-order valence-corrected chi connectivity index (χ2v) is 4.07. The van der Waals surface area contributed by atoms with Gasteiger partial charge in [0.05, 0.1) is 12.7 Å². The van der Waals surface area contributed by atoms with Crippen LogP contribution in [0, 0.1) is 5.82 Å². The third kappa shape index (κ3) is 3.01. The van der Waals surface area contributed by atoms with Gasteiger partial charge in [0.2, 0.25) is 5.78 Å². The first-order chi connectivity index (χ1) is 9.84. The number of carbonyl (C=O) groups is 1. The molecule has 0 saturated heterocycles. The molecule has 0 spiro atoms. The smallest absolute Gasteiger partial charge is 0.417 e. The third-order valence-electron chi connectivity index (χ3n) is 2.74. The number of hydrogen-bond donors (Lipinski definition) is 0. The summed E-state index contributed by atoms with van der Waals surface area (Å²) in [5.41, 5.74) is -2.34. The topological polar surface area (TPSA) is 39.2 Å². The maximum Gasteiger partial charge on any atom is 0.417 e. The Morgan fingerprint density at radius 2 is 1.95 bits per heavy atom. The van der Waals surface area contributed by atoms with Crippen LogP contribution in [0.2, 0.25) is 0 Å². The van der Waals surface area contributed by atoms with E-state index in [-0.39, 0.29) is 11.4 Å². The molecule has 7 heteroatoms. The van der Waals surface area contributed by atoms with Crippen LogP contribution in [-0.2, 0) is 6.18 Å². The van der Waals surface area contributed by atoms with E-state index in [1.807, 2.05) is 0 Å². The Bertz CT molecular complexity index is 683. The van der Waals surface area contributed by atoms with Crippen LogP contribution >= 0.6 is 0 Å². The zero-order valence-corrected chi connectivity index (χ0v) is 10.7. The van der Waals surface area contributed by atoms with Crippen molar-refractivity contribution >= 4 is 5.78 Å². The fourth-order valence-corrected chi connectivity index (χ4v) is 1.80. The van der Waals surface area contributed by atoms with Gasteiger partial charge in [-0.3, -0.25) is 4.79 Å². The molecule has 0 aliphatic heterocycles. The summed E-state index contributed by atoms with van der Waals surface area (Å²) in [5, 5.41) is 0. The highest BCUT2D eigenvalue weighted by molar-refractivity contribution is 6.10. The highest BCUT2D eigenvalue weighted by Crippen LogP contribution is 2.34. The molecule has 0 bridgehead atoms. The van der Waals surface area contributed by atoms with Gasteiger partial charge in [0, 0.05) is 11.8 Å². The van der Waals surface area contributed by atoms with E-state index in [1.165, 1.54) is 25.4 Å². The molecule has 1 aromatic carbocycles. The highest BCUT2D eigenvalue weighted by Gasteiger charge is 2.36. The molecule has 110 valence electrons. The number of methoxy groups -OCH3 is 1. The number of aromatic nitrogens is 1. The van der Waals surface area contributed by atoms with Gasteiger partial charge in [-0.15, -0.1) is 0 Å². The number of hydrogen-bond acceptors (Lipinski definition) is 3. The van der Waals surface area contributed by atoms with Gasteiger partial charge in [0.25, 0.3) is 0 Å². The van der Waals surface area contributed by atoms with Crippen molar-refractivity contribution < 1.29 is 27.1 Å². The Balaban J connectivity index is 2.61. The Morgan fingerprint density at radius 1 is 1.24 bits per heavy atom. The minimum absolute atomic E-state index is 0.0138. The SMILES string of the molecule is COc1cccnc1C(=O)c1cc(F)ccc1C(F)(F)F. The first-order valence-electron chi connectivity index (χ1n) is 5.75. The summed E-state index contributed by atoms with van der Waals surface area (Å²) in [5.74, 6) is -1.99. The lowest BCUT2D eigenvalue weighted by molar-refractivity contribution is -0.137. The zero-order valence-electron chi connectivity index (χ0n) is 10.7. The lowest BCUT2D eigenvalue weighted by Gasteiger charge is -2.13. The van der Waals surface area contributed by atoms with Crippen molar-refractivity contribution in [1.82, 2.24) is 4.98 Å². The first kappa shape index (κ1) is 15.0. The predicted molar refractivity (Wildman–Crippen MR) is 65.6 cm³/mol. The lowest BCUT2D eigenvalue weighted by Crippen LogP contribution is -2.15. The van der Waals surface area contributed by atoms with E-state index in [1.54, 1.807) is 0 Å². The fourth-order valence-electron chi connectivity index (χ4n) is 1.80. The normalized spacial score (nSPS) is 11.3. The summed E-state index contributed by atoms with van der Waals surface area (Å²) >= 11 is 0. The van der Waals surface area contributed by atoms with Crippen molar-refractivity contribution in [2.24, 2.45) is 0 Å². The number of ketones is 1. The molecule has 0 radical (unpaired) electrons. The molecule has 21 heavy (non-hydrogen) atoms. The van der Waals surface area contributed by atoms with E-state index in [0.29, 0.717) is 18.2 Å². The number of alkyl halides is 3. The summed E-state index contributed by atoms with van der Waals surface area (Å²) in [6.07, 6.45) is -3.54. The highest BCUT2D eigenvalue weighted by atomic mass is 19.4. The van der Waals surface area contributed by atoms with Gasteiger partial charge in [0.15, 0.2) is 5.69 Å². The Kier molecular flexibility index (Phi) is 3.93. The van der Waals surface area contributed by atoms with Crippen LogP contribution in [0.15, 0.2) is 36.5 Å². The molecule has 0 aliphatic rings. The van der Waals surface area contributed by atoms with E-state index in [0.717, 1.165) is 0 Å². The molecule has 0 unspecified atom stereocenters. The molecular formula is C14H9F4NO2. The van der Waals surface area contributed by atoms with Crippen molar-refractivity contribution in [3.63, 3.8) is 0 Å². The summed E-state index contributed by atoms with van der Waals surface area (Å²) in [4.78, 5) is 16.0. The van der Waals surface area contributed by atoms with Crippen LogP contribution in [0.3, 0.4) is 0 Å². The maximum absolute atomic E-state index is 13.2. The number of rotatable bonds is 3. The molecule has 0 saturated carbocycles. The summed E-state index contributed by atoms with van der Waals surface area (Å²) in [7, 11) is 1.25. The number of ether oxygens (including phenoxy) is 1. The zero-order chi connectivity index (χ0) is 15.6. The predicted octanol–water partition coefficient (Wildman–Crippen LogP) is 3.48. The number of pyridine rings is 1. The standard InChI is InChI=1S/C14H9F4NO2/c1-21-11-3-2-6-19-12(11)13(20)9-7-8(15)4-5-10(9)14(16,17)18/h2-7H,1H3. The lowest BCUT2D eigenvalue weighted by atomic mass is 10.00. The summed E-state index contributed by atoms with van der Waals surface area (Å²) in [6, 6.07) is 4.56. The number of carbonyl (C=O) groups excluding carboxylic acids is 1. The van der Waals surface area contributed by atoms with Crippen LogP contribution < -0.4 is 4.74 Å². The molecule has 0 N–H and O–H groups in total. The maximum atomic E-state index is 13.2. The van der Waals surface area contributed by atoms with E-state index < -0.39 is 28.9 Å². The Morgan fingerprint density at radius 3 is 2.57 bits per heavy atom. The minimum atomic E-state index is -4.78. The van der Waals surface area contributed by atoms with E-state index in [9.17, 15) is 22.4 Å². The molecule has 1 heterocycles. The van der Waals surface area contributed by atoms with E-state index in [2.05, 4.69) is 4.98 Å². The van der Waals surface area contributed by atoms with E-state index in [4.69, 9.17) is 4.74 Å². The average Bonchev–Trinajstić information content (AvgIpc) is 2.45. The first-order valence-corrected chi connectivity index (χ1v) is 5.75. The van der Waals surface area contributed by atoms with Crippen molar-refractivity contribution in [2.45, 2.75) is 6.18 Å². The van der Waals surface area contributed by atoms with Crippen molar-refractivity contribution in [1.29, 1.82) is 0 Å². The van der Waals surface area contributed by atoms with Gasteiger partial charge in [0.1, 0.15) is 11.6 Å². The van der Waals surface area contributed by atoms with Gasteiger partial charge in [-0.1, -0.05) is 0 Å². The van der Waals surface area contributed by atoms with E-state index >= 15 is 0 Å². The Labute approximate surface area is 117 Å². The number of benzene rings is 1. The summed E-state index contributed by atoms with van der Waals surface area (Å²) in [6.45, 7) is 0. The van der Waals surface area contributed by atoms with Crippen LogP contribution in [0.5, 0.6) is 5.75 Å². The van der Waals surface area contributed by atoms with Crippen LogP contribution in [-0.4, -0.2) is 17.9 Å². The third-order valence-corrected chi connectivity index (χ3v) is 2.74. The molecule has 0 fully saturated rings. The summed E-state index contributed by atoms with van der Waals surface area (Å²) < 4.78 is 56.8. The number of nitrogens with zero attached hydrogens (tertiary/aromatic N) is 1. The quantitative estimate of drug-likeness (QED) is 0.643. The van der Waals surface area contributed by atoms with Gasteiger partial charge in [-0.2, -0.15) is 13.2 Å². The molecule has 0 aliphatic carbocycles. The second kappa shape index (κ2) is 5.51. The van der Waals surface area contributed by atoms with Crippen molar-refractivity contribution in [2.75, 3.05) is 7.11 Å². The molecule has 1 aromatic heterocycles. The van der Waals surface area contributed by atoms with Gasteiger partial charge < -0.3 is 4.74 Å². The Hall–Kier alpha value is -2.44. The second-order valence-electron chi connectivity index (χ2n) is 4.07. The molecule has 0 amide bonds.